The van der Waals surface area contributed by atoms with Gasteiger partial charge in [-0.2, -0.15) is 0 Å². The van der Waals surface area contributed by atoms with Gasteiger partial charge in [0.25, 0.3) is 0 Å². The molecule has 0 aromatic carbocycles. The summed E-state index contributed by atoms with van der Waals surface area (Å²) in [6.45, 7) is 5.52. The van der Waals surface area contributed by atoms with E-state index < -0.39 is 0 Å². The lowest BCUT2D eigenvalue weighted by atomic mass is 10.2. The summed E-state index contributed by atoms with van der Waals surface area (Å²) in [6, 6.07) is 0. The number of hydrogen-bond donors (Lipinski definition) is 0. The topological polar surface area (TPSA) is 0 Å². The molecular formula is C9H14. The van der Waals surface area contributed by atoms with Crippen molar-refractivity contribution in [3.05, 3.63) is 12.7 Å². The van der Waals surface area contributed by atoms with Crippen LogP contribution in [0.3, 0.4) is 0 Å². The zero-order valence-corrected chi connectivity index (χ0v) is 6.11. The van der Waals surface area contributed by atoms with Crippen molar-refractivity contribution in [2.75, 3.05) is 0 Å². The summed E-state index contributed by atoms with van der Waals surface area (Å²) >= 11 is 0. The molecule has 0 spiro atoms. The van der Waals surface area contributed by atoms with Gasteiger partial charge in [0, 0.05) is 6.42 Å². The second kappa shape index (κ2) is 7.30. The van der Waals surface area contributed by atoms with Gasteiger partial charge >= 0.3 is 0 Å². The smallest absolute Gasteiger partial charge is 0.00886 e. The van der Waals surface area contributed by atoms with E-state index in [1.54, 1.807) is 0 Å². The van der Waals surface area contributed by atoms with E-state index in [-0.39, 0.29) is 0 Å². The minimum atomic E-state index is 1.05. The molecule has 0 N–H and O–H groups in total. The van der Waals surface area contributed by atoms with E-state index in [2.05, 4.69) is 18.4 Å². The van der Waals surface area contributed by atoms with Crippen LogP contribution >= 0.6 is 0 Å². The molecule has 0 atom stereocenters. The maximum atomic E-state index is 3.64. The molecule has 0 aromatic rings. The fourth-order valence-corrected chi connectivity index (χ4v) is 0.627. The Balaban J connectivity index is 2.88. The highest BCUT2D eigenvalue weighted by Gasteiger charge is 1.80. The number of unbranched alkanes of at least 4 members (excludes halogenated alkanes) is 3. The highest BCUT2D eigenvalue weighted by Crippen LogP contribution is 1.97. The minimum absolute atomic E-state index is 1.05. The van der Waals surface area contributed by atoms with Crippen molar-refractivity contribution in [1.29, 1.82) is 0 Å². The summed E-state index contributed by atoms with van der Waals surface area (Å²) in [6.07, 6.45) is 6.58. The normalized spacial score (nSPS) is 7.67. The average molecular weight is 122 g/mol. The van der Waals surface area contributed by atoms with Crippen LogP contribution in [0.4, 0.5) is 0 Å². The van der Waals surface area contributed by atoms with E-state index >= 15 is 0 Å². The van der Waals surface area contributed by atoms with E-state index in [1.165, 1.54) is 12.8 Å². The van der Waals surface area contributed by atoms with Crippen molar-refractivity contribution in [2.45, 2.75) is 32.6 Å². The maximum Gasteiger partial charge on any atom is 0.00886 e. The first-order valence-corrected chi connectivity index (χ1v) is 3.42. The molecule has 0 rings (SSSR count). The molecule has 0 heterocycles. The third kappa shape index (κ3) is 7.30. The third-order valence-electron chi connectivity index (χ3n) is 1.14. The molecule has 0 bridgehead atoms. The largest absolute Gasteiger partial charge is 0.107 e. The molecule has 9 heavy (non-hydrogen) atoms. The summed E-state index contributed by atoms with van der Waals surface area (Å²) < 4.78 is 0. The van der Waals surface area contributed by atoms with Gasteiger partial charge in [-0.05, 0) is 26.2 Å². The zero-order chi connectivity index (χ0) is 6.95. The van der Waals surface area contributed by atoms with Crippen LogP contribution in [0, 0.1) is 11.8 Å². The lowest BCUT2D eigenvalue weighted by molar-refractivity contribution is 0.773. The molecule has 0 aliphatic rings. The molecule has 0 aromatic heterocycles. The number of hydrogen-bond acceptors (Lipinski definition) is 0. The molecule has 0 nitrogen and oxygen atoms in total. The molecule has 0 saturated heterocycles. The number of rotatable bonds is 4. The Morgan fingerprint density at radius 3 is 2.78 bits per heavy atom. The fourth-order valence-electron chi connectivity index (χ4n) is 0.627. The molecule has 0 aliphatic heterocycles. The predicted octanol–water partition coefficient (Wildman–Crippen LogP) is 2.76. The zero-order valence-electron chi connectivity index (χ0n) is 6.11. The molecule has 0 heteroatoms. The van der Waals surface area contributed by atoms with Crippen LogP contribution in [0.25, 0.3) is 0 Å². The lowest BCUT2D eigenvalue weighted by Gasteiger charge is -1.88. The Hall–Kier alpha value is -0.700. The summed E-state index contributed by atoms with van der Waals surface area (Å²) in [5.74, 6) is 5.89. The maximum absolute atomic E-state index is 3.64. The number of allylic oxidation sites excluding steroid dienone is 1. The van der Waals surface area contributed by atoms with Crippen molar-refractivity contribution < 1.29 is 0 Å². The molecule has 0 saturated carbocycles. The van der Waals surface area contributed by atoms with E-state index in [1.807, 2.05) is 13.0 Å². The minimum Gasteiger partial charge on any atom is -0.107 e. The van der Waals surface area contributed by atoms with E-state index in [9.17, 15) is 0 Å². The molecule has 50 valence electrons. The standard InChI is InChI=1S/C9H14/c1-3-5-7-9-8-6-4-2/h3H,1,5,7-9H2,2H3. The van der Waals surface area contributed by atoms with Gasteiger partial charge in [-0.15, -0.1) is 18.4 Å². The quantitative estimate of drug-likeness (QED) is 0.305. The van der Waals surface area contributed by atoms with Gasteiger partial charge in [0.15, 0.2) is 0 Å². The van der Waals surface area contributed by atoms with Crippen LogP contribution in [0.15, 0.2) is 12.7 Å². The summed E-state index contributed by atoms with van der Waals surface area (Å²) in [5, 5.41) is 0. The van der Waals surface area contributed by atoms with Gasteiger partial charge in [0.05, 0.1) is 0 Å². The first-order chi connectivity index (χ1) is 4.41. The van der Waals surface area contributed by atoms with Crippen molar-refractivity contribution in [3.63, 3.8) is 0 Å². The van der Waals surface area contributed by atoms with E-state index in [4.69, 9.17) is 0 Å². The SMILES string of the molecule is C=CCCCCC#CC. The second-order valence-electron chi connectivity index (χ2n) is 1.96. The fraction of sp³-hybridized carbons (Fsp3) is 0.556. The van der Waals surface area contributed by atoms with Crippen LogP contribution in [-0.2, 0) is 0 Å². The van der Waals surface area contributed by atoms with Crippen molar-refractivity contribution in [2.24, 2.45) is 0 Å². The van der Waals surface area contributed by atoms with Gasteiger partial charge in [0.2, 0.25) is 0 Å². The van der Waals surface area contributed by atoms with Crippen LogP contribution in [0.1, 0.15) is 32.6 Å². The van der Waals surface area contributed by atoms with Crippen LogP contribution in [0.5, 0.6) is 0 Å². The second-order valence-corrected chi connectivity index (χ2v) is 1.96. The Morgan fingerprint density at radius 1 is 1.44 bits per heavy atom. The Bertz CT molecular complexity index is 112. The van der Waals surface area contributed by atoms with Gasteiger partial charge in [-0.25, -0.2) is 0 Å². The lowest BCUT2D eigenvalue weighted by Crippen LogP contribution is -1.70. The van der Waals surface area contributed by atoms with Gasteiger partial charge in [-0.3, -0.25) is 0 Å². The van der Waals surface area contributed by atoms with E-state index in [0.29, 0.717) is 0 Å². The third-order valence-corrected chi connectivity index (χ3v) is 1.14. The van der Waals surface area contributed by atoms with E-state index in [0.717, 1.165) is 12.8 Å². The molecule has 0 amide bonds. The highest BCUT2D eigenvalue weighted by atomic mass is 13.8. The van der Waals surface area contributed by atoms with Gasteiger partial charge < -0.3 is 0 Å². The first kappa shape index (κ1) is 8.30. The monoisotopic (exact) mass is 122 g/mol. The molecule has 0 aliphatic carbocycles. The molecule has 0 radical (unpaired) electrons. The van der Waals surface area contributed by atoms with Gasteiger partial charge in [0.1, 0.15) is 0 Å². The van der Waals surface area contributed by atoms with Crippen molar-refractivity contribution in [1.82, 2.24) is 0 Å². The van der Waals surface area contributed by atoms with Crippen molar-refractivity contribution in [3.8, 4) is 11.8 Å². The van der Waals surface area contributed by atoms with Crippen LogP contribution in [0.2, 0.25) is 0 Å². The predicted molar refractivity (Wildman–Crippen MR) is 42.1 cm³/mol. The Morgan fingerprint density at radius 2 is 2.22 bits per heavy atom. The Kier molecular flexibility index (Phi) is 6.73. The summed E-state index contributed by atoms with van der Waals surface area (Å²) in [7, 11) is 0. The molecule has 0 fully saturated rings. The molecular weight excluding hydrogens is 108 g/mol. The summed E-state index contributed by atoms with van der Waals surface area (Å²) in [5.41, 5.74) is 0. The summed E-state index contributed by atoms with van der Waals surface area (Å²) in [4.78, 5) is 0. The van der Waals surface area contributed by atoms with Crippen molar-refractivity contribution >= 4 is 0 Å². The van der Waals surface area contributed by atoms with Gasteiger partial charge in [-0.1, -0.05) is 6.08 Å². The average Bonchev–Trinajstić information content (AvgIpc) is 1.89. The van der Waals surface area contributed by atoms with Crippen LogP contribution < -0.4 is 0 Å². The highest BCUT2D eigenvalue weighted by molar-refractivity contribution is 4.94. The first-order valence-electron chi connectivity index (χ1n) is 3.42. The van der Waals surface area contributed by atoms with Crippen LogP contribution in [-0.4, -0.2) is 0 Å². The Labute approximate surface area is 58.0 Å². The molecule has 0 unspecified atom stereocenters.